The standard InChI is InChI=1S/C18H23N3O4S/c19-11-14-4-7-21(8-5-14)18(22)16-2-1-3-17(10-16)26(23,24)20-12-15-6-9-25-13-15/h1-3,10,14-15,20H,4-9,12-13H2/t15-/m1/s1. The highest BCUT2D eigenvalue weighted by Gasteiger charge is 2.25. The lowest BCUT2D eigenvalue weighted by molar-refractivity contribution is 0.0707. The highest BCUT2D eigenvalue weighted by Crippen LogP contribution is 2.20. The number of hydrogen-bond acceptors (Lipinski definition) is 5. The lowest BCUT2D eigenvalue weighted by atomic mass is 9.98. The zero-order valence-corrected chi connectivity index (χ0v) is 15.4. The summed E-state index contributed by atoms with van der Waals surface area (Å²) in [6.45, 7) is 2.61. The van der Waals surface area contributed by atoms with Gasteiger partial charge in [0.15, 0.2) is 0 Å². The fourth-order valence-corrected chi connectivity index (χ4v) is 4.41. The average Bonchev–Trinajstić information content (AvgIpc) is 3.20. The van der Waals surface area contributed by atoms with Gasteiger partial charge >= 0.3 is 0 Å². The van der Waals surface area contributed by atoms with E-state index in [0.29, 0.717) is 51.3 Å². The smallest absolute Gasteiger partial charge is 0.253 e. The summed E-state index contributed by atoms with van der Waals surface area (Å²) in [4.78, 5) is 14.4. The molecule has 2 aliphatic heterocycles. The van der Waals surface area contributed by atoms with E-state index in [0.717, 1.165) is 6.42 Å². The molecule has 2 saturated heterocycles. The number of carbonyl (C=O) groups is 1. The van der Waals surface area contributed by atoms with Crippen molar-refractivity contribution in [2.75, 3.05) is 32.8 Å². The molecular weight excluding hydrogens is 354 g/mol. The molecule has 140 valence electrons. The predicted octanol–water partition coefficient (Wildman–Crippen LogP) is 1.38. The van der Waals surface area contributed by atoms with Crippen LogP contribution in [0.5, 0.6) is 0 Å². The number of hydrogen-bond donors (Lipinski definition) is 1. The van der Waals surface area contributed by atoms with Crippen molar-refractivity contribution in [1.29, 1.82) is 5.26 Å². The van der Waals surface area contributed by atoms with Crippen LogP contribution in [0.3, 0.4) is 0 Å². The molecule has 2 heterocycles. The van der Waals surface area contributed by atoms with E-state index in [4.69, 9.17) is 10.00 Å². The molecule has 0 unspecified atom stereocenters. The average molecular weight is 377 g/mol. The Hall–Kier alpha value is -1.95. The van der Waals surface area contributed by atoms with Gasteiger partial charge in [0.2, 0.25) is 10.0 Å². The van der Waals surface area contributed by atoms with Crippen LogP contribution >= 0.6 is 0 Å². The Kier molecular flexibility index (Phi) is 5.91. The first-order chi connectivity index (χ1) is 12.5. The SMILES string of the molecule is N#CC1CCN(C(=O)c2cccc(S(=O)(=O)NC[C@H]3CCOC3)c2)CC1. The van der Waals surface area contributed by atoms with Crippen molar-refractivity contribution in [3.8, 4) is 6.07 Å². The van der Waals surface area contributed by atoms with Gasteiger partial charge in [-0.25, -0.2) is 13.1 Å². The Morgan fingerprint density at radius 2 is 2.08 bits per heavy atom. The molecular formula is C18H23N3O4S. The summed E-state index contributed by atoms with van der Waals surface area (Å²) in [6, 6.07) is 8.36. The minimum atomic E-state index is -3.67. The maximum Gasteiger partial charge on any atom is 0.253 e. The van der Waals surface area contributed by atoms with Gasteiger partial charge in [0, 0.05) is 37.7 Å². The van der Waals surface area contributed by atoms with Gasteiger partial charge in [0.05, 0.1) is 17.6 Å². The van der Waals surface area contributed by atoms with Gasteiger partial charge in [-0.2, -0.15) is 5.26 Å². The number of rotatable bonds is 5. The second kappa shape index (κ2) is 8.16. The normalized spacial score (nSPS) is 21.5. The first-order valence-corrected chi connectivity index (χ1v) is 10.3. The number of piperidine rings is 1. The Balaban J connectivity index is 1.67. The Morgan fingerprint density at radius 3 is 2.73 bits per heavy atom. The van der Waals surface area contributed by atoms with Crippen LogP contribution in [-0.2, 0) is 14.8 Å². The molecule has 8 heteroatoms. The van der Waals surface area contributed by atoms with Crippen LogP contribution in [0.4, 0.5) is 0 Å². The van der Waals surface area contributed by atoms with E-state index < -0.39 is 10.0 Å². The number of nitriles is 1. The number of amides is 1. The fourth-order valence-electron chi connectivity index (χ4n) is 3.25. The summed E-state index contributed by atoms with van der Waals surface area (Å²) in [5.41, 5.74) is 0.354. The van der Waals surface area contributed by atoms with Crippen LogP contribution in [0.25, 0.3) is 0 Å². The van der Waals surface area contributed by atoms with E-state index in [9.17, 15) is 13.2 Å². The molecule has 0 bridgehead atoms. The van der Waals surface area contributed by atoms with E-state index >= 15 is 0 Å². The third kappa shape index (κ3) is 4.41. The molecule has 2 fully saturated rings. The number of likely N-dealkylation sites (tertiary alicyclic amines) is 1. The van der Waals surface area contributed by atoms with Gasteiger partial charge < -0.3 is 9.64 Å². The molecule has 1 N–H and O–H groups in total. The quantitative estimate of drug-likeness (QED) is 0.836. The molecule has 1 aromatic carbocycles. The van der Waals surface area contributed by atoms with Gasteiger partial charge in [0.25, 0.3) is 5.91 Å². The molecule has 1 amide bonds. The second-order valence-corrected chi connectivity index (χ2v) is 8.57. The van der Waals surface area contributed by atoms with Crippen LogP contribution < -0.4 is 4.72 Å². The van der Waals surface area contributed by atoms with E-state index in [1.54, 1.807) is 17.0 Å². The summed E-state index contributed by atoms with van der Waals surface area (Å²) >= 11 is 0. The monoisotopic (exact) mass is 377 g/mol. The van der Waals surface area contributed by atoms with Crippen molar-refractivity contribution in [2.24, 2.45) is 11.8 Å². The van der Waals surface area contributed by atoms with Crippen molar-refractivity contribution >= 4 is 15.9 Å². The second-order valence-electron chi connectivity index (χ2n) is 6.80. The maximum absolute atomic E-state index is 12.7. The van der Waals surface area contributed by atoms with Crippen LogP contribution in [0.2, 0.25) is 0 Å². The third-order valence-electron chi connectivity index (χ3n) is 4.94. The zero-order chi connectivity index (χ0) is 18.6. The van der Waals surface area contributed by atoms with E-state index in [1.165, 1.54) is 12.1 Å². The molecule has 0 radical (unpaired) electrons. The van der Waals surface area contributed by atoms with E-state index in [2.05, 4.69) is 10.8 Å². The lowest BCUT2D eigenvalue weighted by Gasteiger charge is -2.29. The number of sulfonamides is 1. The van der Waals surface area contributed by atoms with Gasteiger partial charge in [0.1, 0.15) is 0 Å². The van der Waals surface area contributed by atoms with Gasteiger partial charge in [-0.1, -0.05) is 6.07 Å². The van der Waals surface area contributed by atoms with Crippen molar-refractivity contribution in [1.82, 2.24) is 9.62 Å². The highest BCUT2D eigenvalue weighted by molar-refractivity contribution is 7.89. The lowest BCUT2D eigenvalue weighted by Crippen LogP contribution is -2.38. The van der Waals surface area contributed by atoms with Crippen molar-refractivity contribution < 1.29 is 17.9 Å². The molecule has 0 aliphatic carbocycles. The van der Waals surface area contributed by atoms with Crippen molar-refractivity contribution in [2.45, 2.75) is 24.2 Å². The summed E-state index contributed by atoms with van der Waals surface area (Å²) in [6.07, 6.45) is 2.16. The molecule has 0 spiro atoms. The number of benzene rings is 1. The Labute approximate surface area is 154 Å². The van der Waals surface area contributed by atoms with Crippen molar-refractivity contribution in [3.05, 3.63) is 29.8 Å². The predicted molar refractivity (Wildman–Crippen MR) is 94.8 cm³/mol. The van der Waals surface area contributed by atoms with Crippen LogP contribution in [0, 0.1) is 23.2 Å². The Bertz CT molecular complexity index is 789. The molecule has 2 aliphatic rings. The van der Waals surface area contributed by atoms with Crippen LogP contribution in [0.1, 0.15) is 29.6 Å². The first kappa shape index (κ1) is 18.8. The van der Waals surface area contributed by atoms with Crippen molar-refractivity contribution in [3.63, 3.8) is 0 Å². The zero-order valence-electron chi connectivity index (χ0n) is 14.6. The number of nitrogens with zero attached hydrogens (tertiary/aromatic N) is 2. The largest absolute Gasteiger partial charge is 0.381 e. The number of carbonyl (C=O) groups excluding carboxylic acids is 1. The molecule has 0 saturated carbocycles. The topological polar surface area (TPSA) is 99.5 Å². The fraction of sp³-hybridized carbons (Fsp3) is 0.556. The van der Waals surface area contributed by atoms with Crippen LogP contribution in [0.15, 0.2) is 29.2 Å². The number of ether oxygens (including phenoxy) is 1. The summed E-state index contributed by atoms with van der Waals surface area (Å²) in [5, 5.41) is 8.95. The minimum absolute atomic E-state index is 0.00507. The van der Waals surface area contributed by atoms with E-state index in [1.807, 2.05) is 0 Å². The first-order valence-electron chi connectivity index (χ1n) is 8.86. The highest BCUT2D eigenvalue weighted by atomic mass is 32.2. The Morgan fingerprint density at radius 1 is 1.31 bits per heavy atom. The van der Waals surface area contributed by atoms with E-state index in [-0.39, 0.29) is 22.6 Å². The van der Waals surface area contributed by atoms with Gasteiger partial charge in [-0.05, 0) is 43.4 Å². The molecule has 0 aromatic heterocycles. The molecule has 1 aromatic rings. The van der Waals surface area contributed by atoms with Gasteiger partial charge in [-0.3, -0.25) is 4.79 Å². The molecule has 7 nitrogen and oxygen atoms in total. The summed E-state index contributed by atoms with van der Waals surface area (Å²) in [7, 11) is -3.67. The minimum Gasteiger partial charge on any atom is -0.381 e. The molecule has 3 rings (SSSR count). The molecule has 26 heavy (non-hydrogen) atoms. The summed E-state index contributed by atoms with van der Waals surface area (Å²) < 4.78 is 32.9. The number of nitrogens with one attached hydrogen (secondary N) is 1. The summed E-state index contributed by atoms with van der Waals surface area (Å²) in [5.74, 6) is -0.00631. The van der Waals surface area contributed by atoms with Gasteiger partial charge in [-0.15, -0.1) is 0 Å². The maximum atomic E-state index is 12.7. The third-order valence-corrected chi connectivity index (χ3v) is 6.36. The van der Waals surface area contributed by atoms with Crippen LogP contribution in [-0.4, -0.2) is 52.1 Å². The molecule has 1 atom stereocenters.